The molecular weight excluding hydrogens is 334 g/mol. The number of para-hydroxylation sites is 2. The van der Waals surface area contributed by atoms with Gasteiger partial charge in [0, 0.05) is 6.07 Å². The van der Waals surface area contributed by atoms with Crippen LogP contribution in [-0.2, 0) is 4.79 Å². The molecule has 0 aliphatic rings. The highest BCUT2D eigenvalue weighted by Crippen LogP contribution is 2.25. The van der Waals surface area contributed by atoms with Gasteiger partial charge in [0.25, 0.3) is 5.91 Å². The molecule has 2 aromatic carbocycles. The summed E-state index contributed by atoms with van der Waals surface area (Å²) in [4.78, 5) is 11.7. The van der Waals surface area contributed by atoms with Crippen molar-refractivity contribution >= 4 is 5.91 Å². The first-order chi connectivity index (χ1) is 12.7. The highest BCUT2D eigenvalue weighted by molar-refractivity contribution is 5.77. The number of rotatable bonds is 8. The van der Waals surface area contributed by atoms with E-state index in [0.717, 1.165) is 0 Å². The van der Waals surface area contributed by atoms with Crippen LogP contribution in [0.5, 0.6) is 23.0 Å². The molecular formula is C20H21NO5. The van der Waals surface area contributed by atoms with Crippen molar-refractivity contribution in [1.29, 1.82) is 0 Å². The highest BCUT2D eigenvalue weighted by Gasteiger charge is 2.02. The van der Waals surface area contributed by atoms with E-state index < -0.39 is 0 Å². The maximum atomic E-state index is 11.7. The lowest BCUT2D eigenvalue weighted by Gasteiger charge is -2.07. The predicted molar refractivity (Wildman–Crippen MR) is 97.8 cm³/mol. The fourth-order valence-corrected chi connectivity index (χ4v) is 2.00. The minimum Gasteiger partial charge on any atom is -0.497 e. The number of carbonyl (C=O) groups is 1. The summed E-state index contributed by atoms with van der Waals surface area (Å²) >= 11 is 0. The van der Waals surface area contributed by atoms with Crippen LogP contribution >= 0.6 is 0 Å². The Hall–Kier alpha value is -3.33. The SMILES string of the molecule is COc1cccc(OCC(=O)NCC#CCOc2ccccc2OC)c1. The van der Waals surface area contributed by atoms with E-state index in [4.69, 9.17) is 18.9 Å². The summed E-state index contributed by atoms with van der Waals surface area (Å²) in [5.41, 5.74) is 0. The van der Waals surface area contributed by atoms with Gasteiger partial charge in [-0.3, -0.25) is 4.79 Å². The lowest BCUT2D eigenvalue weighted by molar-refractivity contribution is -0.122. The van der Waals surface area contributed by atoms with Gasteiger partial charge in [-0.1, -0.05) is 30.0 Å². The van der Waals surface area contributed by atoms with Crippen molar-refractivity contribution in [3.63, 3.8) is 0 Å². The summed E-state index contributed by atoms with van der Waals surface area (Å²) in [5, 5.41) is 2.65. The standard InChI is InChI=1S/C20H21NO5/c1-23-16-8-7-9-17(14-16)26-15-20(22)21-12-5-6-13-25-19-11-4-3-10-18(19)24-2/h3-4,7-11,14H,12-13,15H2,1-2H3,(H,21,22). The van der Waals surface area contributed by atoms with E-state index >= 15 is 0 Å². The molecule has 0 saturated heterocycles. The molecule has 0 heterocycles. The van der Waals surface area contributed by atoms with Crippen molar-refractivity contribution in [1.82, 2.24) is 5.32 Å². The first-order valence-corrected chi connectivity index (χ1v) is 7.98. The van der Waals surface area contributed by atoms with E-state index in [2.05, 4.69) is 17.2 Å². The van der Waals surface area contributed by atoms with Gasteiger partial charge in [-0.25, -0.2) is 0 Å². The second-order valence-electron chi connectivity index (χ2n) is 5.04. The monoisotopic (exact) mass is 355 g/mol. The van der Waals surface area contributed by atoms with Crippen molar-refractivity contribution in [2.75, 3.05) is 34.0 Å². The van der Waals surface area contributed by atoms with Crippen molar-refractivity contribution < 1.29 is 23.7 Å². The Bertz CT molecular complexity index is 779. The van der Waals surface area contributed by atoms with Crippen LogP contribution in [0, 0.1) is 11.8 Å². The van der Waals surface area contributed by atoms with E-state index in [-0.39, 0.29) is 25.7 Å². The number of methoxy groups -OCH3 is 2. The molecule has 1 amide bonds. The van der Waals surface area contributed by atoms with E-state index in [1.807, 2.05) is 18.2 Å². The Morgan fingerprint density at radius 2 is 1.69 bits per heavy atom. The first-order valence-electron chi connectivity index (χ1n) is 7.98. The fourth-order valence-electron chi connectivity index (χ4n) is 2.00. The van der Waals surface area contributed by atoms with Crippen LogP contribution in [-0.4, -0.2) is 39.9 Å². The fraction of sp³-hybridized carbons (Fsp3) is 0.250. The van der Waals surface area contributed by atoms with Gasteiger partial charge in [0.05, 0.1) is 20.8 Å². The lowest BCUT2D eigenvalue weighted by atomic mass is 10.3. The predicted octanol–water partition coefficient (Wildman–Crippen LogP) is 2.28. The Labute approximate surface area is 153 Å². The second kappa shape index (κ2) is 10.5. The normalized spacial score (nSPS) is 9.46. The molecule has 136 valence electrons. The van der Waals surface area contributed by atoms with Crippen molar-refractivity contribution in [2.24, 2.45) is 0 Å². The Kier molecular flexibility index (Phi) is 7.69. The number of hydrogen-bond donors (Lipinski definition) is 1. The molecule has 0 aromatic heterocycles. The van der Waals surface area contributed by atoms with E-state index in [0.29, 0.717) is 23.0 Å². The molecule has 2 rings (SSSR count). The van der Waals surface area contributed by atoms with Crippen LogP contribution < -0.4 is 24.3 Å². The average Bonchev–Trinajstić information content (AvgIpc) is 2.69. The summed E-state index contributed by atoms with van der Waals surface area (Å²) in [6.07, 6.45) is 0. The third-order valence-electron chi connectivity index (χ3n) is 3.28. The molecule has 0 radical (unpaired) electrons. The van der Waals surface area contributed by atoms with E-state index in [9.17, 15) is 4.79 Å². The molecule has 0 unspecified atom stereocenters. The lowest BCUT2D eigenvalue weighted by Crippen LogP contribution is -2.29. The molecule has 0 fully saturated rings. The summed E-state index contributed by atoms with van der Waals surface area (Å²) < 4.78 is 21.2. The summed E-state index contributed by atoms with van der Waals surface area (Å²) in [7, 11) is 3.15. The van der Waals surface area contributed by atoms with E-state index in [1.165, 1.54) is 0 Å². The molecule has 26 heavy (non-hydrogen) atoms. The largest absolute Gasteiger partial charge is 0.497 e. The number of ether oxygens (including phenoxy) is 4. The average molecular weight is 355 g/mol. The zero-order chi connectivity index (χ0) is 18.6. The second-order valence-corrected chi connectivity index (χ2v) is 5.04. The van der Waals surface area contributed by atoms with Crippen molar-refractivity contribution in [3.05, 3.63) is 48.5 Å². The minimum absolute atomic E-state index is 0.0907. The third kappa shape index (κ3) is 6.29. The van der Waals surface area contributed by atoms with Gasteiger partial charge in [-0.15, -0.1) is 0 Å². The maximum Gasteiger partial charge on any atom is 0.258 e. The molecule has 6 heteroatoms. The molecule has 6 nitrogen and oxygen atoms in total. The van der Waals surface area contributed by atoms with Gasteiger partial charge in [0.15, 0.2) is 18.1 Å². The molecule has 2 aromatic rings. The van der Waals surface area contributed by atoms with Gasteiger partial charge < -0.3 is 24.3 Å². The van der Waals surface area contributed by atoms with Crippen LogP contribution in [0.3, 0.4) is 0 Å². The summed E-state index contributed by atoms with van der Waals surface area (Å²) in [6, 6.07) is 14.4. The quantitative estimate of drug-likeness (QED) is 0.736. The highest BCUT2D eigenvalue weighted by atomic mass is 16.5. The Morgan fingerprint density at radius 3 is 2.46 bits per heavy atom. The van der Waals surface area contributed by atoms with Crippen molar-refractivity contribution in [3.8, 4) is 34.8 Å². The number of carbonyl (C=O) groups excluding carboxylic acids is 1. The van der Waals surface area contributed by atoms with Crippen LogP contribution in [0.4, 0.5) is 0 Å². The van der Waals surface area contributed by atoms with Crippen molar-refractivity contribution in [2.45, 2.75) is 0 Å². The smallest absolute Gasteiger partial charge is 0.258 e. The van der Waals surface area contributed by atoms with Crippen LogP contribution in [0.25, 0.3) is 0 Å². The van der Waals surface area contributed by atoms with Crippen LogP contribution in [0.1, 0.15) is 0 Å². The van der Waals surface area contributed by atoms with Gasteiger partial charge in [-0.05, 0) is 24.3 Å². The van der Waals surface area contributed by atoms with Gasteiger partial charge in [-0.2, -0.15) is 0 Å². The number of nitrogens with one attached hydrogen (secondary N) is 1. The molecule has 0 atom stereocenters. The maximum absolute atomic E-state index is 11.7. The van der Waals surface area contributed by atoms with Gasteiger partial charge >= 0.3 is 0 Å². The minimum atomic E-state index is -0.257. The zero-order valence-corrected chi connectivity index (χ0v) is 14.8. The molecule has 0 aliphatic heterocycles. The topological polar surface area (TPSA) is 66.0 Å². The first kappa shape index (κ1) is 19.0. The third-order valence-corrected chi connectivity index (χ3v) is 3.28. The summed E-state index contributed by atoms with van der Waals surface area (Å²) in [5.74, 6) is 7.90. The number of amides is 1. The molecule has 0 spiro atoms. The molecule has 0 bridgehead atoms. The Morgan fingerprint density at radius 1 is 0.923 bits per heavy atom. The molecule has 0 saturated carbocycles. The summed E-state index contributed by atoms with van der Waals surface area (Å²) in [6.45, 7) is 0.332. The van der Waals surface area contributed by atoms with E-state index in [1.54, 1.807) is 44.6 Å². The van der Waals surface area contributed by atoms with Gasteiger partial charge in [0.2, 0.25) is 0 Å². The molecule has 1 N–H and O–H groups in total. The Balaban J connectivity index is 1.66. The van der Waals surface area contributed by atoms with Crippen LogP contribution in [0.15, 0.2) is 48.5 Å². The zero-order valence-electron chi connectivity index (χ0n) is 14.8. The van der Waals surface area contributed by atoms with Crippen LogP contribution in [0.2, 0.25) is 0 Å². The number of benzene rings is 2. The molecule has 0 aliphatic carbocycles. The number of hydrogen-bond acceptors (Lipinski definition) is 5. The van der Waals surface area contributed by atoms with Gasteiger partial charge in [0.1, 0.15) is 18.1 Å².